The summed E-state index contributed by atoms with van der Waals surface area (Å²) in [7, 11) is 0. The van der Waals surface area contributed by atoms with Crippen LogP contribution in [0.1, 0.15) is 48.5 Å². The van der Waals surface area contributed by atoms with Crippen molar-refractivity contribution in [1.82, 2.24) is 10.6 Å². The molecule has 0 aliphatic heterocycles. The topological polar surface area (TPSA) is 58.2 Å². The molecule has 1 fully saturated rings. The van der Waals surface area contributed by atoms with Crippen molar-refractivity contribution >= 4 is 11.8 Å². The molecule has 1 aromatic carbocycles. The van der Waals surface area contributed by atoms with Gasteiger partial charge in [0.05, 0.1) is 12.1 Å². The SMILES string of the molecule is C[C@H]1CCCC[C@@H]1NC(=O)CNC(=O)c1ccc(C(F)(F)F)cc1. The molecule has 132 valence electrons. The lowest BCUT2D eigenvalue weighted by atomic mass is 9.86. The molecule has 0 saturated heterocycles. The van der Waals surface area contributed by atoms with Crippen molar-refractivity contribution in [1.29, 1.82) is 0 Å². The van der Waals surface area contributed by atoms with Crippen LogP contribution in [-0.2, 0) is 11.0 Å². The Labute approximate surface area is 138 Å². The molecule has 0 unspecified atom stereocenters. The Bertz CT molecular complexity index is 584. The van der Waals surface area contributed by atoms with Gasteiger partial charge in [0.15, 0.2) is 0 Å². The molecule has 1 saturated carbocycles. The number of benzene rings is 1. The predicted octanol–water partition coefficient (Wildman–Crippen LogP) is 3.13. The van der Waals surface area contributed by atoms with E-state index in [1.807, 2.05) is 0 Å². The van der Waals surface area contributed by atoms with Crippen LogP contribution in [0, 0.1) is 5.92 Å². The zero-order chi connectivity index (χ0) is 17.7. The highest BCUT2D eigenvalue weighted by molar-refractivity contribution is 5.96. The van der Waals surface area contributed by atoms with Crippen LogP contribution < -0.4 is 10.6 Å². The third-order valence-corrected chi connectivity index (χ3v) is 4.34. The quantitative estimate of drug-likeness (QED) is 0.883. The van der Waals surface area contributed by atoms with Crippen LogP contribution in [0.2, 0.25) is 0 Å². The molecule has 1 aliphatic carbocycles. The summed E-state index contributed by atoms with van der Waals surface area (Å²) in [6, 6.07) is 4.00. The summed E-state index contributed by atoms with van der Waals surface area (Å²) in [5.41, 5.74) is -0.732. The lowest BCUT2D eigenvalue weighted by Crippen LogP contribution is -2.45. The van der Waals surface area contributed by atoms with E-state index in [1.54, 1.807) is 0 Å². The molecule has 2 rings (SSSR count). The van der Waals surface area contributed by atoms with E-state index in [1.165, 1.54) is 0 Å². The van der Waals surface area contributed by atoms with Gasteiger partial charge >= 0.3 is 6.18 Å². The number of nitrogens with one attached hydrogen (secondary N) is 2. The van der Waals surface area contributed by atoms with E-state index >= 15 is 0 Å². The first-order chi connectivity index (χ1) is 11.3. The van der Waals surface area contributed by atoms with Crippen molar-refractivity contribution in [3.8, 4) is 0 Å². The highest BCUT2D eigenvalue weighted by Gasteiger charge is 2.30. The van der Waals surface area contributed by atoms with Gasteiger partial charge in [0.2, 0.25) is 5.91 Å². The Balaban J connectivity index is 1.83. The molecule has 0 spiro atoms. The standard InChI is InChI=1S/C17H21F3N2O2/c1-11-4-2-3-5-14(11)22-15(23)10-21-16(24)12-6-8-13(9-7-12)17(18,19)20/h6-9,11,14H,2-5,10H2,1H3,(H,21,24)(H,22,23)/t11-,14-/m0/s1. The van der Waals surface area contributed by atoms with Crippen molar-refractivity contribution in [3.05, 3.63) is 35.4 Å². The van der Waals surface area contributed by atoms with Crippen LogP contribution in [-0.4, -0.2) is 24.4 Å². The van der Waals surface area contributed by atoms with Crippen molar-refractivity contribution in [2.75, 3.05) is 6.54 Å². The van der Waals surface area contributed by atoms with Crippen molar-refractivity contribution in [2.24, 2.45) is 5.92 Å². The van der Waals surface area contributed by atoms with Gasteiger partial charge < -0.3 is 10.6 Å². The number of amides is 2. The first-order valence-corrected chi connectivity index (χ1v) is 8.02. The van der Waals surface area contributed by atoms with Gasteiger partial charge in [-0.05, 0) is 43.0 Å². The number of hydrogen-bond acceptors (Lipinski definition) is 2. The van der Waals surface area contributed by atoms with E-state index in [2.05, 4.69) is 17.6 Å². The normalized spacial score (nSPS) is 21.2. The largest absolute Gasteiger partial charge is 0.416 e. The lowest BCUT2D eigenvalue weighted by molar-refractivity contribution is -0.137. The van der Waals surface area contributed by atoms with Gasteiger partial charge in [-0.2, -0.15) is 13.2 Å². The molecule has 24 heavy (non-hydrogen) atoms. The molecule has 2 N–H and O–H groups in total. The van der Waals surface area contributed by atoms with Gasteiger partial charge in [-0.25, -0.2) is 0 Å². The maximum atomic E-state index is 12.5. The molecule has 0 radical (unpaired) electrons. The van der Waals surface area contributed by atoms with Crippen LogP contribution in [0.4, 0.5) is 13.2 Å². The number of rotatable bonds is 4. The average Bonchev–Trinajstić information content (AvgIpc) is 2.54. The number of hydrogen-bond donors (Lipinski definition) is 2. The molecule has 1 aromatic rings. The number of halogens is 3. The van der Waals surface area contributed by atoms with E-state index in [9.17, 15) is 22.8 Å². The third-order valence-electron chi connectivity index (χ3n) is 4.34. The van der Waals surface area contributed by atoms with E-state index in [4.69, 9.17) is 0 Å². The van der Waals surface area contributed by atoms with Crippen molar-refractivity contribution in [3.63, 3.8) is 0 Å². The summed E-state index contributed by atoms with van der Waals surface area (Å²) in [6.07, 6.45) is -0.195. The first kappa shape index (κ1) is 18.3. The molecular formula is C17H21F3N2O2. The van der Waals surface area contributed by atoms with Crippen LogP contribution in [0.3, 0.4) is 0 Å². The summed E-state index contributed by atoms with van der Waals surface area (Å²) in [6.45, 7) is 1.90. The fourth-order valence-electron chi connectivity index (χ4n) is 2.86. The maximum Gasteiger partial charge on any atom is 0.416 e. The molecule has 7 heteroatoms. The Morgan fingerprint density at radius 3 is 2.33 bits per heavy atom. The predicted molar refractivity (Wildman–Crippen MR) is 83.3 cm³/mol. The second-order valence-corrected chi connectivity index (χ2v) is 6.19. The third kappa shape index (κ3) is 4.97. The molecule has 0 heterocycles. The van der Waals surface area contributed by atoms with E-state index in [0.29, 0.717) is 5.92 Å². The minimum absolute atomic E-state index is 0.0850. The Kier molecular flexibility index (Phi) is 5.85. The monoisotopic (exact) mass is 342 g/mol. The van der Waals surface area contributed by atoms with Crippen molar-refractivity contribution < 1.29 is 22.8 Å². The van der Waals surface area contributed by atoms with Gasteiger partial charge in [0.25, 0.3) is 5.91 Å². The lowest BCUT2D eigenvalue weighted by Gasteiger charge is -2.29. The molecule has 0 bridgehead atoms. The molecule has 2 amide bonds. The Morgan fingerprint density at radius 1 is 1.12 bits per heavy atom. The number of carbonyl (C=O) groups excluding carboxylic acids is 2. The van der Waals surface area contributed by atoms with Crippen LogP contribution >= 0.6 is 0 Å². The minimum Gasteiger partial charge on any atom is -0.352 e. The molecule has 1 aliphatic rings. The van der Waals surface area contributed by atoms with Gasteiger partial charge in [-0.1, -0.05) is 19.8 Å². The van der Waals surface area contributed by atoms with Crippen LogP contribution in [0.15, 0.2) is 24.3 Å². The van der Waals surface area contributed by atoms with E-state index in [-0.39, 0.29) is 24.1 Å². The first-order valence-electron chi connectivity index (χ1n) is 8.02. The fraction of sp³-hybridized carbons (Fsp3) is 0.529. The molecular weight excluding hydrogens is 321 g/mol. The summed E-state index contributed by atoms with van der Waals surface area (Å²) in [5, 5.41) is 5.33. The van der Waals surface area contributed by atoms with Crippen LogP contribution in [0.25, 0.3) is 0 Å². The fourth-order valence-corrected chi connectivity index (χ4v) is 2.86. The summed E-state index contributed by atoms with van der Waals surface area (Å²) >= 11 is 0. The number of alkyl halides is 3. The van der Waals surface area contributed by atoms with E-state index < -0.39 is 17.6 Å². The van der Waals surface area contributed by atoms with Crippen LogP contribution in [0.5, 0.6) is 0 Å². The van der Waals surface area contributed by atoms with Gasteiger partial charge in [-0.3, -0.25) is 9.59 Å². The number of carbonyl (C=O) groups is 2. The van der Waals surface area contributed by atoms with Gasteiger partial charge in [0.1, 0.15) is 0 Å². The Morgan fingerprint density at radius 2 is 1.75 bits per heavy atom. The summed E-state index contributed by atoms with van der Waals surface area (Å²) in [4.78, 5) is 23.8. The highest BCUT2D eigenvalue weighted by Crippen LogP contribution is 2.29. The summed E-state index contributed by atoms with van der Waals surface area (Å²) < 4.78 is 37.4. The van der Waals surface area contributed by atoms with Gasteiger partial charge in [-0.15, -0.1) is 0 Å². The molecule has 0 aromatic heterocycles. The second kappa shape index (κ2) is 7.68. The molecule has 2 atom stereocenters. The summed E-state index contributed by atoms with van der Waals surface area (Å²) in [5.74, 6) is -0.446. The maximum absolute atomic E-state index is 12.5. The molecule has 4 nitrogen and oxygen atoms in total. The van der Waals surface area contributed by atoms with E-state index in [0.717, 1.165) is 49.9 Å². The highest BCUT2D eigenvalue weighted by atomic mass is 19.4. The van der Waals surface area contributed by atoms with Crippen molar-refractivity contribution in [2.45, 2.75) is 44.8 Å². The average molecular weight is 342 g/mol. The second-order valence-electron chi connectivity index (χ2n) is 6.19. The van der Waals surface area contributed by atoms with Gasteiger partial charge in [0, 0.05) is 11.6 Å². The minimum atomic E-state index is -4.44. The zero-order valence-electron chi connectivity index (χ0n) is 13.5. The Hall–Kier alpha value is -2.05. The smallest absolute Gasteiger partial charge is 0.352 e. The zero-order valence-corrected chi connectivity index (χ0v) is 13.5.